The lowest BCUT2D eigenvalue weighted by molar-refractivity contribution is 0.252. The number of aromatic nitrogens is 3. The van der Waals surface area contributed by atoms with E-state index in [1.165, 1.54) is 4.88 Å². The summed E-state index contributed by atoms with van der Waals surface area (Å²) in [5, 5.41) is 13.6. The standard InChI is InChI=1S/C17H19N5OS/c1-11-16(24-12(2)20-11)8-9-18-17(23)21-14-5-3-13(4-6-14)15-7-10-19-22-15/h3-7,10H,8-9H2,1-2H3,(H,19,22)(H2,18,21,23). The van der Waals surface area contributed by atoms with Crippen LogP contribution < -0.4 is 10.6 Å². The first-order chi connectivity index (χ1) is 11.6. The van der Waals surface area contributed by atoms with Crippen LogP contribution in [-0.2, 0) is 6.42 Å². The molecule has 0 aliphatic carbocycles. The Kier molecular flexibility index (Phi) is 4.90. The van der Waals surface area contributed by atoms with Crippen LogP contribution in [0.2, 0.25) is 0 Å². The average molecular weight is 341 g/mol. The molecule has 0 saturated carbocycles. The molecule has 6 nitrogen and oxygen atoms in total. The van der Waals surface area contributed by atoms with Crippen molar-refractivity contribution in [1.82, 2.24) is 20.5 Å². The highest BCUT2D eigenvalue weighted by molar-refractivity contribution is 7.11. The van der Waals surface area contributed by atoms with Gasteiger partial charge < -0.3 is 10.6 Å². The molecule has 3 aromatic rings. The Hall–Kier alpha value is -2.67. The molecule has 0 aliphatic heterocycles. The molecule has 0 bridgehead atoms. The summed E-state index contributed by atoms with van der Waals surface area (Å²) in [6.07, 6.45) is 2.50. The molecule has 0 radical (unpaired) electrons. The van der Waals surface area contributed by atoms with E-state index in [-0.39, 0.29) is 6.03 Å². The zero-order chi connectivity index (χ0) is 16.9. The first-order valence-electron chi connectivity index (χ1n) is 7.69. The fourth-order valence-corrected chi connectivity index (χ4v) is 3.36. The molecule has 124 valence electrons. The van der Waals surface area contributed by atoms with Crippen molar-refractivity contribution in [1.29, 1.82) is 0 Å². The van der Waals surface area contributed by atoms with Crippen LogP contribution in [0.4, 0.5) is 10.5 Å². The Balaban J connectivity index is 1.49. The van der Waals surface area contributed by atoms with Gasteiger partial charge in [-0.2, -0.15) is 5.10 Å². The molecule has 2 amide bonds. The molecule has 2 aromatic heterocycles. The summed E-state index contributed by atoms with van der Waals surface area (Å²) in [6.45, 7) is 4.58. The van der Waals surface area contributed by atoms with Crippen molar-refractivity contribution in [2.45, 2.75) is 20.3 Å². The number of H-pyrrole nitrogens is 1. The number of amides is 2. The van der Waals surface area contributed by atoms with Crippen molar-refractivity contribution in [2.24, 2.45) is 0 Å². The van der Waals surface area contributed by atoms with Gasteiger partial charge >= 0.3 is 6.03 Å². The van der Waals surface area contributed by atoms with Gasteiger partial charge in [-0.1, -0.05) is 12.1 Å². The molecule has 1 aromatic carbocycles. The van der Waals surface area contributed by atoms with Crippen LogP contribution >= 0.6 is 11.3 Å². The lowest BCUT2D eigenvalue weighted by Gasteiger charge is -2.08. The Bertz CT molecular complexity index is 808. The first-order valence-corrected chi connectivity index (χ1v) is 8.51. The minimum Gasteiger partial charge on any atom is -0.338 e. The lowest BCUT2D eigenvalue weighted by atomic mass is 10.1. The molecule has 0 unspecified atom stereocenters. The predicted molar refractivity (Wildman–Crippen MR) is 96.3 cm³/mol. The Labute approximate surface area is 144 Å². The number of carbonyl (C=O) groups excluding carboxylic acids is 1. The number of anilines is 1. The molecule has 2 heterocycles. The van der Waals surface area contributed by atoms with E-state index in [2.05, 4.69) is 25.8 Å². The van der Waals surface area contributed by atoms with Crippen molar-refractivity contribution < 1.29 is 4.79 Å². The highest BCUT2D eigenvalue weighted by Crippen LogP contribution is 2.19. The summed E-state index contributed by atoms with van der Waals surface area (Å²) in [4.78, 5) is 17.6. The van der Waals surface area contributed by atoms with E-state index >= 15 is 0 Å². The number of benzene rings is 1. The van der Waals surface area contributed by atoms with Gasteiger partial charge in [-0.3, -0.25) is 5.10 Å². The van der Waals surface area contributed by atoms with Crippen molar-refractivity contribution in [2.75, 3.05) is 11.9 Å². The number of hydrogen-bond donors (Lipinski definition) is 3. The van der Waals surface area contributed by atoms with Crippen LogP contribution in [0.5, 0.6) is 0 Å². The fraction of sp³-hybridized carbons (Fsp3) is 0.235. The summed E-state index contributed by atoms with van der Waals surface area (Å²) in [7, 11) is 0. The molecule has 0 atom stereocenters. The highest BCUT2D eigenvalue weighted by Gasteiger charge is 2.06. The van der Waals surface area contributed by atoms with Crippen LogP contribution in [0.3, 0.4) is 0 Å². The quantitative estimate of drug-likeness (QED) is 0.664. The third-order valence-corrected chi connectivity index (χ3v) is 4.72. The number of nitrogens with one attached hydrogen (secondary N) is 3. The summed E-state index contributed by atoms with van der Waals surface area (Å²) in [5.74, 6) is 0. The van der Waals surface area contributed by atoms with Gasteiger partial charge in [0.1, 0.15) is 0 Å². The minimum atomic E-state index is -0.205. The van der Waals surface area contributed by atoms with Crippen LogP contribution in [0, 0.1) is 13.8 Å². The number of rotatable bonds is 5. The van der Waals surface area contributed by atoms with E-state index in [0.717, 1.165) is 34.1 Å². The first kappa shape index (κ1) is 16.2. The molecular weight excluding hydrogens is 322 g/mol. The Morgan fingerprint density at radius 1 is 1.21 bits per heavy atom. The molecule has 0 spiro atoms. The van der Waals surface area contributed by atoms with Gasteiger partial charge in [0.05, 0.1) is 16.4 Å². The van der Waals surface area contributed by atoms with Gasteiger partial charge in [-0.25, -0.2) is 9.78 Å². The van der Waals surface area contributed by atoms with Gasteiger partial charge in [0.15, 0.2) is 0 Å². The molecule has 3 rings (SSSR count). The van der Waals surface area contributed by atoms with Gasteiger partial charge in [-0.15, -0.1) is 11.3 Å². The second-order valence-corrected chi connectivity index (χ2v) is 6.71. The third-order valence-electron chi connectivity index (χ3n) is 3.59. The largest absolute Gasteiger partial charge is 0.338 e. The van der Waals surface area contributed by atoms with Crippen molar-refractivity contribution in [3.05, 3.63) is 52.1 Å². The van der Waals surface area contributed by atoms with E-state index in [1.807, 2.05) is 44.2 Å². The SMILES string of the molecule is Cc1nc(C)c(CCNC(=O)Nc2ccc(-c3ccn[nH]3)cc2)s1. The van der Waals surface area contributed by atoms with E-state index in [4.69, 9.17) is 0 Å². The molecule has 0 saturated heterocycles. The third kappa shape index (κ3) is 3.99. The minimum absolute atomic E-state index is 0.205. The molecular formula is C17H19N5OS. The summed E-state index contributed by atoms with van der Waals surface area (Å²) >= 11 is 1.68. The second kappa shape index (κ2) is 7.27. The van der Waals surface area contributed by atoms with Crippen molar-refractivity contribution in [3.8, 4) is 11.3 Å². The highest BCUT2D eigenvalue weighted by atomic mass is 32.1. The van der Waals surface area contributed by atoms with Crippen LogP contribution in [0.15, 0.2) is 36.5 Å². The molecule has 3 N–H and O–H groups in total. The fourth-order valence-electron chi connectivity index (χ4n) is 2.42. The number of aryl methyl sites for hydroxylation is 2. The van der Waals surface area contributed by atoms with Gasteiger partial charge in [0, 0.05) is 29.7 Å². The number of thiazole rings is 1. The summed E-state index contributed by atoms with van der Waals surface area (Å²) in [5.41, 5.74) is 3.77. The number of carbonyl (C=O) groups is 1. The van der Waals surface area contributed by atoms with Crippen molar-refractivity contribution >= 4 is 23.1 Å². The van der Waals surface area contributed by atoms with Crippen LogP contribution in [0.1, 0.15) is 15.6 Å². The monoisotopic (exact) mass is 341 g/mol. The van der Waals surface area contributed by atoms with Gasteiger partial charge in [0.25, 0.3) is 0 Å². The van der Waals surface area contributed by atoms with Gasteiger partial charge in [0.2, 0.25) is 0 Å². The van der Waals surface area contributed by atoms with Crippen molar-refractivity contribution in [3.63, 3.8) is 0 Å². The smallest absolute Gasteiger partial charge is 0.319 e. The molecule has 0 aliphatic rings. The van der Waals surface area contributed by atoms with E-state index in [1.54, 1.807) is 17.5 Å². The number of urea groups is 1. The van der Waals surface area contributed by atoms with Crippen LogP contribution in [0.25, 0.3) is 11.3 Å². The number of aromatic amines is 1. The summed E-state index contributed by atoms with van der Waals surface area (Å²) in [6, 6.07) is 9.30. The van der Waals surface area contributed by atoms with Crippen LogP contribution in [-0.4, -0.2) is 27.8 Å². The maximum Gasteiger partial charge on any atom is 0.319 e. The maximum atomic E-state index is 12.0. The Morgan fingerprint density at radius 2 is 2.00 bits per heavy atom. The summed E-state index contributed by atoms with van der Waals surface area (Å²) < 4.78 is 0. The molecule has 0 fully saturated rings. The van der Waals surface area contributed by atoms with E-state index in [9.17, 15) is 4.79 Å². The zero-order valence-corrected chi connectivity index (χ0v) is 14.4. The normalized spacial score (nSPS) is 10.6. The molecule has 7 heteroatoms. The predicted octanol–water partition coefficient (Wildman–Crippen LogP) is 3.51. The number of hydrogen-bond acceptors (Lipinski definition) is 4. The average Bonchev–Trinajstić information content (AvgIpc) is 3.18. The Morgan fingerprint density at radius 3 is 2.62 bits per heavy atom. The maximum absolute atomic E-state index is 12.0. The van der Waals surface area contributed by atoms with Gasteiger partial charge in [-0.05, 0) is 37.6 Å². The topological polar surface area (TPSA) is 82.7 Å². The second-order valence-electron chi connectivity index (χ2n) is 5.42. The molecule has 24 heavy (non-hydrogen) atoms. The van der Waals surface area contributed by atoms with E-state index < -0.39 is 0 Å². The number of nitrogens with zero attached hydrogens (tertiary/aromatic N) is 2. The van der Waals surface area contributed by atoms with E-state index in [0.29, 0.717) is 6.54 Å². The zero-order valence-electron chi connectivity index (χ0n) is 13.6. The lowest BCUT2D eigenvalue weighted by Crippen LogP contribution is -2.30.